The number of carbonyl (C=O) groups is 1. The largest absolute Gasteiger partial charge is 0.269 e. The number of rotatable bonds is 4. The van der Waals surface area contributed by atoms with Gasteiger partial charge in [-0.25, -0.2) is 17.5 Å². The zero-order chi connectivity index (χ0) is 18.7. The molecule has 0 saturated carbocycles. The van der Waals surface area contributed by atoms with Crippen LogP contribution in [-0.4, -0.2) is 19.3 Å². The van der Waals surface area contributed by atoms with E-state index in [1.165, 1.54) is 36.5 Å². The van der Waals surface area contributed by atoms with Crippen LogP contribution in [0.25, 0.3) is 16.3 Å². The fourth-order valence-corrected chi connectivity index (χ4v) is 3.70. The quantitative estimate of drug-likeness (QED) is 0.715. The van der Waals surface area contributed by atoms with Gasteiger partial charge in [0.25, 0.3) is 15.9 Å². The molecule has 0 bridgehead atoms. The molecule has 3 rings (SSSR count). The molecule has 2 aromatic carbocycles. The number of fused-ring (bicyclic) bond motifs is 1. The summed E-state index contributed by atoms with van der Waals surface area (Å²) < 4.78 is 40.2. The molecule has 7 heteroatoms. The molecule has 3 aromatic rings. The molecule has 0 atom stereocenters. The third-order valence-electron chi connectivity index (χ3n) is 3.81. The number of carbonyl (C=O) groups excluding carboxylic acids is 1. The van der Waals surface area contributed by atoms with Crippen molar-refractivity contribution in [3.63, 3.8) is 0 Å². The van der Waals surface area contributed by atoms with Crippen molar-refractivity contribution < 1.29 is 17.6 Å². The third-order valence-corrected chi connectivity index (χ3v) is 5.22. The van der Waals surface area contributed by atoms with Crippen LogP contribution in [0.2, 0.25) is 0 Å². The third kappa shape index (κ3) is 3.78. The molecule has 1 N–H and O–H groups in total. The Bertz CT molecular complexity index is 1100. The molecule has 0 radical (unpaired) electrons. The second kappa shape index (κ2) is 7.05. The van der Waals surface area contributed by atoms with Crippen molar-refractivity contribution in [3.8, 4) is 0 Å². The zero-order valence-corrected chi connectivity index (χ0v) is 14.6. The molecule has 0 unspecified atom stereocenters. The van der Waals surface area contributed by atoms with Crippen molar-refractivity contribution in [2.75, 3.05) is 0 Å². The molecule has 132 valence electrons. The van der Waals surface area contributed by atoms with Crippen molar-refractivity contribution >= 4 is 32.3 Å². The highest BCUT2D eigenvalue weighted by Gasteiger charge is 2.19. The number of nitrogens with one attached hydrogen (secondary N) is 1. The number of allylic oxidation sites excluding steroid dienone is 1. The Morgan fingerprint density at radius 2 is 1.85 bits per heavy atom. The van der Waals surface area contributed by atoms with Gasteiger partial charge in [0.15, 0.2) is 0 Å². The summed E-state index contributed by atoms with van der Waals surface area (Å²) >= 11 is 0. The predicted octanol–water partition coefficient (Wildman–Crippen LogP) is 3.28. The van der Waals surface area contributed by atoms with Gasteiger partial charge in [-0.3, -0.25) is 9.78 Å². The minimum Gasteiger partial charge on any atom is -0.269 e. The van der Waals surface area contributed by atoms with Crippen LogP contribution in [0.1, 0.15) is 12.5 Å². The summed E-state index contributed by atoms with van der Waals surface area (Å²) in [7, 11) is -4.05. The van der Waals surface area contributed by atoms with Gasteiger partial charge in [-0.1, -0.05) is 24.3 Å². The van der Waals surface area contributed by atoms with Gasteiger partial charge >= 0.3 is 0 Å². The highest BCUT2D eigenvalue weighted by Crippen LogP contribution is 2.22. The molecule has 0 aliphatic rings. The number of nitrogens with zero attached hydrogens (tertiary/aromatic N) is 1. The monoisotopic (exact) mass is 370 g/mol. The van der Waals surface area contributed by atoms with Gasteiger partial charge < -0.3 is 0 Å². The number of amides is 1. The summed E-state index contributed by atoms with van der Waals surface area (Å²) in [5.41, 5.74) is 1.13. The SMILES string of the molecule is CC(=CC(=O)NS(=O)(=O)c1cccc2cnccc12)c1ccc(F)cc1. The molecule has 0 spiro atoms. The van der Waals surface area contributed by atoms with E-state index >= 15 is 0 Å². The van der Waals surface area contributed by atoms with Crippen molar-refractivity contribution in [1.29, 1.82) is 0 Å². The van der Waals surface area contributed by atoms with Crippen LogP contribution >= 0.6 is 0 Å². The number of halogens is 1. The lowest BCUT2D eigenvalue weighted by molar-refractivity contribution is -0.114. The van der Waals surface area contributed by atoms with E-state index in [0.29, 0.717) is 21.9 Å². The van der Waals surface area contributed by atoms with E-state index in [1.807, 2.05) is 4.72 Å². The van der Waals surface area contributed by atoms with E-state index in [1.54, 1.807) is 31.3 Å². The number of hydrogen-bond donors (Lipinski definition) is 1. The molecule has 26 heavy (non-hydrogen) atoms. The summed E-state index contributed by atoms with van der Waals surface area (Å²) in [5, 5.41) is 1.13. The van der Waals surface area contributed by atoms with Crippen LogP contribution in [-0.2, 0) is 14.8 Å². The molecule has 0 aliphatic heterocycles. The summed E-state index contributed by atoms with van der Waals surface area (Å²) in [6, 6.07) is 11.9. The molecular weight excluding hydrogens is 355 g/mol. The van der Waals surface area contributed by atoms with E-state index < -0.39 is 15.9 Å². The molecular formula is C19H15FN2O3S. The maximum atomic E-state index is 13.0. The van der Waals surface area contributed by atoms with E-state index in [9.17, 15) is 17.6 Å². The maximum Gasteiger partial charge on any atom is 0.264 e. The summed E-state index contributed by atoms with van der Waals surface area (Å²) in [6.07, 6.45) is 4.20. The van der Waals surface area contributed by atoms with E-state index in [0.717, 1.165) is 6.08 Å². The lowest BCUT2D eigenvalue weighted by atomic mass is 10.1. The van der Waals surface area contributed by atoms with Crippen molar-refractivity contribution in [2.24, 2.45) is 0 Å². The first kappa shape index (κ1) is 17.8. The van der Waals surface area contributed by atoms with Crippen LogP contribution in [0.5, 0.6) is 0 Å². The average molecular weight is 370 g/mol. The van der Waals surface area contributed by atoms with Gasteiger partial charge in [-0.05, 0) is 42.3 Å². The Kier molecular flexibility index (Phi) is 4.81. The van der Waals surface area contributed by atoms with Crippen LogP contribution in [0.15, 0.2) is 71.9 Å². The van der Waals surface area contributed by atoms with Crippen LogP contribution < -0.4 is 4.72 Å². The van der Waals surface area contributed by atoms with E-state index in [4.69, 9.17) is 0 Å². The predicted molar refractivity (Wildman–Crippen MR) is 97.1 cm³/mol. The Morgan fingerprint density at radius 1 is 1.12 bits per heavy atom. The molecule has 0 fully saturated rings. The Balaban J connectivity index is 1.88. The summed E-state index contributed by atoms with van der Waals surface area (Å²) in [4.78, 5) is 16.1. The maximum absolute atomic E-state index is 13.0. The highest BCUT2D eigenvalue weighted by atomic mass is 32.2. The second-order valence-corrected chi connectivity index (χ2v) is 7.31. The van der Waals surface area contributed by atoms with Crippen molar-refractivity contribution in [3.05, 3.63) is 78.4 Å². The topological polar surface area (TPSA) is 76.1 Å². The van der Waals surface area contributed by atoms with Crippen LogP contribution in [0.4, 0.5) is 4.39 Å². The standard InChI is InChI=1S/C19H15FN2O3S/c1-13(14-5-7-16(20)8-6-14)11-19(23)22-26(24,25)18-4-2-3-15-12-21-10-9-17(15)18/h2-12H,1H3,(H,22,23). The van der Waals surface area contributed by atoms with Crippen LogP contribution in [0, 0.1) is 5.82 Å². The first-order chi connectivity index (χ1) is 12.4. The van der Waals surface area contributed by atoms with Gasteiger partial charge in [-0.2, -0.15) is 0 Å². The van der Waals surface area contributed by atoms with E-state index in [-0.39, 0.29) is 10.7 Å². The lowest BCUT2D eigenvalue weighted by Gasteiger charge is -2.08. The fourth-order valence-electron chi connectivity index (χ4n) is 2.54. The molecule has 1 heterocycles. The smallest absolute Gasteiger partial charge is 0.264 e. The lowest BCUT2D eigenvalue weighted by Crippen LogP contribution is -2.29. The first-order valence-electron chi connectivity index (χ1n) is 7.70. The van der Waals surface area contributed by atoms with E-state index in [2.05, 4.69) is 4.98 Å². The minimum atomic E-state index is -4.05. The fraction of sp³-hybridized carbons (Fsp3) is 0.0526. The normalized spacial score (nSPS) is 12.2. The zero-order valence-electron chi connectivity index (χ0n) is 13.8. The Morgan fingerprint density at radius 3 is 2.58 bits per heavy atom. The molecule has 0 aliphatic carbocycles. The van der Waals surface area contributed by atoms with Gasteiger partial charge in [0.1, 0.15) is 5.82 Å². The number of pyridine rings is 1. The van der Waals surface area contributed by atoms with Gasteiger partial charge in [0.05, 0.1) is 4.90 Å². The number of benzene rings is 2. The molecule has 1 aromatic heterocycles. The molecule has 1 amide bonds. The Hall–Kier alpha value is -3.06. The number of aromatic nitrogens is 1. The summed E-state index contributed by atoms with van der Waals surface area (Å²) in [6.45, 7) is 1.64. The first-order valence-corrected chi connectivity index (χ1v) is 9.19. The van der Waals surface area contributed by atoms with Crippen LogP contribution in [0.3, 0.4) is 0 Å². The highest BCUT2D eigenvalue weighted by molar-refractivity contribution is 7.90. The number of hydrogen-bond acceptors (Lipinski definition) is 4. The second-order valence-electron chi connectivity index (χ2n) is 5.66. The molecule has 5 nitrogen and oxygen atoms in total. The Labute approximate surface area is 150 Å². The van der Waals surface area contributed by atoms with Gasteiger partial charge in [0.2, 0.25) is 0 Å². The number of sulfonamides is 1. The van der Waals surface area contributed by atoms with Gasteiger partial charge in [0, 0.05) is 29.2 Å². The molecule has 0 saturated heterocycles. The summed E-state index contributed by atoms with van der Waals surface area (Å²) in [5.74, 6) is -1.17. The average Bonchev–Trinajstić information content (AvgIpc) is 2.61. The van der Waals surface area contributed by atoms with Gasteiger partial charge in [-0.15, -0.1) is 0 Å². The minimum absolute atomic E-state index is 0.00131. The van der Waals surface area contributed by atoms with Crippen molar-refractivity contribution in [2.45, 2.75) is 11.8 Å². The van der Waals surface area contributed by atoms with Crippen molar-refractivity contribution in [1.82, 2.24) is 9.71 Å².